The smallest absolute Gasteiger partial charge is 0.258 e. The quantitative estimate of drug-likeness (QED) is 0.800. The number of halogens is 3. The molecule has 7 heteroatoms. The molecule has 0 saturated heterocycles. The SMILES string of the molecule is CN(C)C(=O)c1cn(C2CC2)c2c(F)c(F)c(F)cc2c1=O. The normalized spacial score (nSPS) is 14.4. The number of carbonyl (C=O) groups excluding carboxylic acids is 1. The third kappa shape index (κ3) is 2.08. The van der Waals surface area contributed by atoms with Crippen LogP contribution in [-0.2, 0) is 0 Å². The van der Waals surface area contributed by atoms with Gasteiger partial charge < -0.3 is 9.47 Å². The number of benzene rings is 1. The Bertz CT molecular complexity index is 854. The molecule has 1 amide bonds. The van der Waals surface area contributed by atoms with Gasteiger partial charge in [-0.2, -0.15) is 0 Å². The lowest BCUT2D eigenvalue weighted by Crippen LogP contribution is -2.29. The van der Waals surface area contributed by atoms with Gasteiger partial charge in [-0.3, -0.25) is 9.59 Å². The second-order valence-corrected chi connectivity index (χ2v) is 5.59. The van der Waals surface area contributed by atoms with Gasteiger partial charge in [0.1, 0.15) is 5.56 Å². The molecule has 1 aliphatic rings. The Morgan fingerprint density at radius 3 is 2.41 bits per heavy atom. The van der Waals surface area contributed by atoms with Crippen LogP contribution in [0.2, 0.25) is 0 Å². The van der Waals surface area contributed by atoms with Gasteiger partial charge in [-0.1, -0.05) is 0 Å². The van der Waals surface area contributed by atoms with Gasteiger partial charge in [0.05, 0.1) is 10.9 Å². The third-order valence-corrected chi connectivity index (χ3v) is 3.73. The summed E-state index contributed by atoms with van der Waals surface area (Å²) in [5.41, 5.74) is -1.28. The van der Waals surface area contributed by atoms with E-state index in [4.69, 9.17) is 0 Å². The number of nitrogens with zero attached hydrogens (tertiary/aromatic N) is 2. The van der Waals surface area contributed by atoms with Crippen molar-refractivity contribution in [3.63, 3.8) is 0 Å². The van der Waals surface area contributed by atoms with Crippen LogP contribution in [0.25, 0.3) is 10.9 Å². The van der Waals surface area contributed by atoms with Crippen LogP contribution >= 0.6 is 0 Å². The molecule has 0 spiro atoms. The third-order valence-electron chi connectivity index (χ3n) is 3.73. The zero-order valence-electron chi connectivity index (χ0n) is 12.0. The Morgan fingerprint density at radius 2 is 1.86 bits per heavy atom. The molecule has 1 aromatic heterocycles. The van der Waals surface area contributed by atoms with Crippen LogP contribution in [0, 0.1) is 17.5 Å². The van der Waals surface area contributed by atoms with E-state index in [2.05, 4.69) is 0 Å². The number of hydrogen-bond acceptors (Lipinski definition) is 2. The summed E-state index contributed by atoms with van der Waals surface area (Å²) in [7, 11) is 2.94. The molecule has 0 radical (unpaired) electrons. The molecule has 2 aromatic rings. The molecular formula is C15H13F3N2O2. The first-order valence-electron chi connectivity index (χ1n) is 6.77. The number of rotatable bonds is 2. The van der Waals surface area contributed by atoms with Gasteiger partial charge in [0.15, 0.2) is 17.5 Å². The molecule has 1 fully saturated rings. The second-order valence-electron chi connectivity index (χ2n) is 5.59. The topological polar surface area (TPSA) is 42.3 Å². The zero-order chi connectivity index (χ0) is 16.2. The Balaban J connectivity index is 2.44. The minimum atomic E-state index is -1.62. The molecule has 0 unspecified atom stereocenters. The summed E-state index contributed by atoms with van der Waals surface area (Å²) in [4.78, 5) is 25.7. The molecule has 0 N–H and O–H groups in total. The molecule has 0 aliphatic heterocycles. The van der Waals surface area contributed by atoms with E-state index in [9.17, 15) is 22.8 Å². The van der Waals surface area contributed by atoms with Crippen LogP contribution in [-0.4, -0.2) is 29.5 Å². The number of amides is 1. The number of hydrogen-bond donors (Lipinski definition) is 0. The van der Waals surface area contributed by atoms with Gasteiger partial charge in [-0.25, -0.2) is 13.2 Å². The maximum Gasteiger partial charge on any atom is 0.258 e. The van der Waals surface area contributed by atoms with Crippen molar-refractivity contribution in [1.82, 2.24) is 9.47 Å². The van der Waals surface area contributed by atoms with E-state index in [1.165, 1.54) is 29.8 Å². The fourth-order valence-electron chi connectivity index (χ4n) is 2.45. The number of fused-ring (bicyclic) bond motifs is 1. The van der Waals surface area contributed by atoms with E-state index in [0.29, 0.717) is 6.07 Å². The Hall–Kier alpha value is -2.31. The monoisotopic (exact) mass is 310 g/mol. The van der Waals surface area contributed by atoms with Crippen LogP contribution in [0.3, 0.4) is 0 Å². The van der Waals surface area contributed by atoms with Crippen molar-refractivity contribution in [3.05, 3.63) is 45.5 Å². The van der Waals surface area contributed by atoms with Crippen LogP contribution < -0.4 is 5.43 Å². The highest BCUT2D eigenvalue weighted by Gasteiger charge is 2.30. The first-order valence-corrected chi connectivity index (χ1v) is 6.77. The fourth-order valence-corrected chi connectivity index (χ4v) is 2.45. The summed E-state index contributed by atoms with van der Waals surface area (Å²) in [5.74, 6) is -5.03. The van der Waals surface area contributed by atoms with Gasteiger partial charge >= 0.3 is 0 Å². The summed E-state index contributed by atoms with van der Waals surface area (Å²) in [6, 6.07) is 0.540. The van der Waals surface area contributed by atoms with E-state index in [1.54, 1.807) is 0 Å². The molecule has 1 aliphatic carbocycles. The van der Waals surface area contributed by atoms with Crippen molar-refractivity contribution in [1.29, 1.82) is 0 Å². The summed E-state index contributed by atoms with van der Waals surface area (Å²) in [6.07, 6.45) is 2.70. The van der Waals surface area contributed by atoms with Crippen LogP contribution in [0.15, 0.2) is 17.1 Å². The number of aromatic nitrogens is 1. The molecule has 3 rings (SSSR count). The van der Waals surface area contributed by atoms with Crippen molar-refractivity contribution in [3.8, 4) is 0 Å². The van der Waals surface area contributed by atoms with Gasteiger partial charge in [0.2, 0.25) is 5.43 Å². The predicted molar refractivity (Wildman–Crippen MR) is 74.4 cm³/mol. The summed E-state index contributed by atoms with van der Waals surface area (Å²) in [5, 5.41) is -0.323. The molecule has 116 valence electrons. The second kappa shape index (κ2) is 4.86. The number of pyridine rings is 1. The predicted octanol–water partition coefficient (Wildman–Crippen LogP) is 2.46. The van der Waals surface area contributed by atoms with E-state index in [-0.39, 0.29) is 22.5 Å². The van der Waals surface area contributed by atoms with Crippen molar-refractivity contribution >= 4 is 16.8 Å². The van der Waals surface area contributed by atoms with Gasteiger partial charge in [-0.15, -0.1) is 0 Å². The molecule has 0 bridgehead atoms. The Kier molecular flexibility index (Phi) is 3.23. The van der Waals surface area contributed by atoms with Crippen molar-refractivity contribution in [2.45, 2.75) is 18.9 Å². The van der Waals surface area contributed by atoms with Crippen molar-refractivity contribution in [2.75, 3.05) is 14.1 Å². The lowest BCUT2D eigenvalue weighted by atomic mass is 10.1. The molecule has 1 aromatic carbocycles. The van der Waals surface area contributed by atoms with Crippen LogP contribution in [0.5, 0.6) is 0 Å². The van der Waals surface area contributed by atoms with Gasteiger partial charge in [0.25, 0.3) is 5.91 Å². The molecule has 4 nitrogen and oxygen atoms in total. The fraction of sp³-hybridized carbons (Fsp3) is 0.333. The minimum Gasteiger partial charge on any atom is -0.345 e. The van der Waals surface area contributed by atoms with Crippen molar-refractivity contribution < 1.29 is 18.0 Å². The highest BCUT2D eigenvalue weighted by molar-refractivity contribution is 5.97. The average Bonchev–Trinajstić information content (AvgIpc) is 3.29. The van der Waals surface area contributed by atoms with Crippen molar-refractivity contribution in [2.24, 2.45) is 0 Å². The maximum absolute atomic E-state index is 14.1. The lowest BCUT2D eigenvalue weighted by molar-refractivity contribution is 0.0825. The lowest BCUT2D eigenvalue weighted by Gasteiger charge is -2.16. The summed E-state index contributed by atoms with van der Waals surface area (Å²) < 4.78 is 42.4. The van der Waals surface area contributed by atoms with Gasteiger partial charge in [0, 0.05) is 26.3 Å². The molecule has 22 heavy (non-hydrogen) atoms. The number of carbonyl (C=O) groups is 1. The minimum absolute atomic E-state index is 0.115. The summed E-state index contributed by atoms with van der Waals surface area (Å²) >= 11 is 0. The molecular weight excluding hydrogens is 297 g/mol. The maximum atomic E-state index is 14.1. The van der Waals surface area contributed by atoms with Crippen LogP contribution in [0.4, 0.5) is 13.2 Å². The van der Waals surface area contributed by atoms with E-state index in [1.807, 2.05) is 0 Å². The molecule has 0 atom stereocenters. The van der Waals surface area contributed by atoms with E-state index >= 15 is 0 Å². The van der Waals surface area contributed by atoms with E-state index < -0.39 is 28.8 Å². The largest absolute Gasteiger partial charge is 0.345 e. The first-order chi connectivity index (χ1) is 10.3. The first kappa shape index (κ1) is 14.6. The van der Waals surface area contributed by atoms with Crippen LogP contribution in [0.1, 0.15) is 29.2 Å². The van der Waals surface area contributed by atoms with Gasteiger partial charge in [-0.05, 0) is 18.9 Å². The Morgan fingerprint density at radius 1 is 1.23 bits per heavy atom. The standard InChI is InChI=1S/C15H13F3N2O2/c1-19(2)15(22)9-6-20(7-3-4-7)13-8(14(9)21)5-10(16)11(17)12(13)18/h5-7H,3-4H2,1-2H3. The van der Waals surface area contributed by atoms with E-state index in [0.717, 1.165) is 12.8 Å². The Labute approximate surface area is 123 Å². The highest BCUT2D eigenvalue weighted by atomic mass is 19.2. The highest BCUT2D eigenvalue weighted by Crippen LogP contribution is 2.38. The average molecular weight is 310 g/mol. The molecule has 1 heterocycles. The zero-order valence-corrected chi connectivity index (χ0v) is 12.0. The molecule has 1 saturated carbocycles. The summed E-state index contributed by atoms with van der Waals surface area (Å²) in [6.45, 7) is 0.